The maximum atomic E-state index is 14.6. The molecular formula is C20H25F2NS. The zero-order valence-electron chi connectivity index (χ0n) is 14.4. The summed E-state index contributed by atoms with van der Waals surface area (Å²) in [7, 11) is 0. The largest absolute Gasteiger partial charge is 0.367 e. The molecule has 4 heteroatoms. The summed E-state index contributed by atoms with van der Waals surface area (Å²) >= 11 is 1.59. The minimum atomic E-state index is -0.479. The van der Waals surface area contributed by atoms with E-state index < -0.39 is 11.6 Å². The SMILES string of the molecule is CCCCN(CCCC)c1c(F)cc(/C=C/c2cccs2)cc1F. The zero-order chi connectivity index (χ0) is 17.4. The standard InChI is InChI=1S/C20H25F2NS/c1-3-5-11-23(12-6-4-2)20-18(21)14-16(15-19(20)22)9-10-17-8-7-13-24-17/h7-10,13-15H,3-6,11-12H2,1-2H3/b10-9+. The van der Waals surface area contributed by atoms with E-state index in [1.807, 2.05) is 28.5 Å². The van der Waals surface area contributed by atoms with Crippen molar-refractivity contribution in [1.82, 2.24) is 0 Å². The quantitative estimate of drug-likeness (QED) is 0.493. The molecule has 130 valence electrons. The Morgan fingerprint density at radius 2 is 1.62 bits per heavy atom. The van der Waals surface area contributed by atoms with E-state index in [4.69, 9.17) is 0 Å². The highest BCUT2D eigenvalue weighted by atomic mass is 32.1. The first-order valence-corrected chi connectivity index (χ1v) is 9.49. The van der Waals surface area contributed by atoms with E-state index in [0.717, 1.165) is 30.6 Å². The molecule has 0 fully saturated rings. The van der Waals surface area contributed by atoms with Gasteiger partial charge in [-0.25, -0.2) is 8.78 Å². The summed E-state index contributed by atoms with van der Waals surface area (Å²) in [5.74, 6) is -0.957. The molecule has 1 aromatic carbocycles. The van der Waals surface area contributed by atoms with Crippen molar-refractivity contribution in [2.24, 2.45) is 0 Å². The molecule has 0 saturated heterocycles. The minimum absolute atomic E-state index is 0.116. The van der Waals surface area contributed by atoms with Crippen molar-refractivity contribution in [1.29, 1.82) is 0 Å². The third-order valence-electron chi connectivity index (χ3n) is 3.90. The van der Waals surface area contributed by atoms with Gasteiger partial charge in [-0.05, 0) is 48.1 Å². The third kappa shape index (κ3) is 5.17. The Hall–Kier alpha value is -1.68. The average molecular weight is 349 g/mol. The van der Waals surface area contributed by atoms with Crippen LogP contribution in [-0.4, -0.2) is 13.1 Å². The van der Waals surface area contributed by atoms with E-state index in [1.54, 1.807) is 17.4 Å². The molecule has 2 rings (SSSR count). The molecule has 0 bridgehead atoms. The highest BCUT2D eigenvalue weighted by Crippen LogP contribution is 2.27. The third-order valence-corrected chi connectivity index (χ3v) is 4.74. The lowest BCUT2D eigenvalue weighted by molar-refractivity contribution is 0.561. The summed E-state index contributed by atoms with van der Waals surface area (Å²) in [5, 5.41) is 1.98. The highest BCUT2D eigenvalue weighted by molar-refractivity contribution is 7.10. The molecule has 0 N–H and O–H groups in total. The first kappa shape index (κ1) is 18.7. The number of hydrogen-bond acceptors (Lipinski definition) is 2. The van der Waals surface area contributed by atoms with E-state index in [0.29, 0.717) is 18.7 Å². The highest BCUT2D eigenvalue weighted by Gasteiger charge is 2.17. The number of nitrogens with zero attached hydrogens (tertiary/aromatic N) is 1. The molecule has 0 spiro atoms. The molecule has 0 saturated carbocycles. The van der Waals surface area contributed by atoms with Crippen LogP contribution in [0, 0.1) is 11.6 Å². The molecule has 2 aromatic rings. The van der Waals surface area contributed by atoms with Crippen LogP contribution < -0.4 is 4.90 Å². The van der Waals surface area contributed by atoms with Crippen LogP contribution >= 0.6 is 11.3 Å². The number of benzene rings is 1. The average Bonchev–Trinajstić information content (AvgIpc) is 3.07. The van der Waals surface area contributed by atoms with Gasteiger partial charge >= 0.3 is 0 Å². The van der Waals surface area contributed by atoms with Crippen LogP contribution in [0.15, 0.2) is 29.6 Å². The van der Waals surface area contributed by atoms with Gasteiger partial charge in [-0.3, -0.25) is 0 Å². The second-order valence-electron chi connectivity index (χ2n) is 5.88. The fourth-order valence-corrected chi connectivity index (χ4v) is 3.20. The molecule has 24 heavy (non-hydrogen) atoms. The molecule has 0 amide bonds. The van der Waals surface area contributed by atoms with Gasteiger partial charge in [-0.1, -0.05) is 38.8 Å². The summed E-state index contributed by atoms with van der Waals surface area (Å²) in [4.78, 5) is 2.91. The minimum Gasteiger partial charge on any atom is -0.367 e. The van der Waals surface area contributed by atoms with E-state index >= 15 is 0 Å². The fourth-order valence-electron chi connectivity index (χ4n) is 2.58. The summed E-state index contributed by atoms with van der Waals surface area (Å²) in [5.41, 5.74) is 0.665. The van der Waals surface area contributed by atoms with Gasteiger partial charge in [0.05, 0.1) is 0 Å². The van der Waals surface area contributed by atoms with Crippen LogP contribution in [0.2, 0.25) is 0 Å². The van der Waals surface area contributed by atoms with Gasteiger partial charge in [-0.15, -0.1) is 11.3 Å². The molecule has 0 radical (unpaired) electrons. The molecule has 1 heterocycles. The smallest absolute Gasteiger partial charge is 0.150 e. The molecule has 1 nitrogen and oxygen atoms in total. The predicted octanol–water partition coefficient (Wildman–Crippen LogP) is 6.60. The lowest BCUT2D eigenvalue weighted by Crippen LogP contribution is -2.27. The van der Waals surface area contributed by atoms with Gasteiger partial charge in [0.2, 0.25) is 0 Å². The van der Waals surface area contributed by atoms with E-state index in [1.165, 1.54) is 12.1 Å². The van der Waals surface area contributed by atoms with Gasteiger partial charge in [0.25, 0.3) is 0 Å². The van der Waals surface area contributed by atoms with E-state index in [2.05, 4.69) is 13.8 Å². The Bertz CT molecular complexity index is 619. The number of rotatable bonds is 9. The van der Waals surface area contributed by atoms with Gasteiger partial charge < -0.3 is 4.90 Å². The number of thiophene rings is 1. The molecule has 1 aromatic heterocycles. The van der Waals surface area contributed by atoms with Crippen LogP contribution in [-0.2, 0) is 0 Å². The monoisotopic (exact) mass is 349 g/mol. The van der Waals surface area contributed by atoms with Crippen molar-refractivity contribution in [2.75, 3.05) is 18.0 Å². The molecule has 0 aliphatic rings. The van der Waals surface area contributed by atoms with Crippen molar-refractivity contribution in [3.8, 4) is 0 Å². The Morgan fingerprint density at radius 1 is 1.00 bits per heavy atom. The lowest BCUT2D eigenvalue weighted by Gasteiger charge is -2.25. The van der Waals surface area contributed by atoms with Crippen LogP contribution in [0.5, 0.6) is 0 Å². The van der Waals surface area contributed by atoms with Gasteiger partial charge in [0.15, 0.2) is 0 Å². The van der Waals surface area contributed by atoms with Crippen molar-refractivity contribution in [2.45, 2.75) is 39.5 Å². The molecule has 0 aliphatic heterocycles. The topological polar surface area (TPSA) is 3.24 Å². The molecular weight excluding hydrogens is 324 g/mol. The number of halogens is 2. The Balaban J connectivity index is 2.23. The Kier molecular flexibility index (Phi) is 7.44. The van der Waals surface area contributed by atoms with Crippen LogP contribution in [0.1, 0.15) is 50.0 Å². The summed E-state index contributed by atoms with van der Waals surface area (Å²) in [6.45, 7) is 5.55. The molecule has 0 aliphatic carbocycles. The van der Waals surface area contributed by atoms with Crippen molar-refractivity contribution in [3.05, 3.63) is 51.7 Å². The maximum Gasteiger partial charge on any atom is 0.150 e. The van der Waals surface area contributed by atoms with Gasteiger partial charge in [0, 0.05) is 18.0 Å². The first-order chi connectivity index (χ1) is 11.7. The number of anilines is 1. The van der Waals surface area contributed by atoms with Gasteiger partial charge in [0.1, 0.15) is 17.3 Å². The van der Waals surface area contributed by atoms with Crippen molar-refractivity contribution in [3.63, 3.8) is 0 Å². The van der Waals surface area contributed by atoms with E-state index in [-0.39, 0.29) is 5.69 Å². The fraction of sp³-hybridized carbons (Fsp3) is 0.400. The van der Waals surface area contributed by atoms with Crippen LogP contribution in [0.4, 0.5) is 14.5 Å². The molecule has 0 unspecified atom stereocenters. The molecule has 0 atom stereocenters. The van der Waals surface area contributed by atoms with Crippen LogP contribution in [0.25, 0.3) is 12.2 Å². The number of hydrogen-bond donors (Lipinski definition) is 0. The predicted molar refractivity (Wildman–Crippen MR) is 102 cm³/mol. The van der Waals surface area contributed by atoms with Crippen molar-refractivity contribution >= 4 is 29.2 Å². The van der Waals surface area contributed by atoms with Crippen LogP contribution in [0.3, 0.4) is 0 Å². The Labute approximate surface area is 147 Å². The van der Waals surface area contributed by atoms with Gasteiger partial charge in [-0.2, -0.15) is 0 Å². The second kappa shape index (κ2) is 9.58. The van der Waals surface area contributed by atoms with Crippen molar-refractivity contribution < 1.29 is 8.78 Å². The summed E-state index contributed by atoms with van der Waals surface area (Å²) in [6, 6.07) is 6.77. The Morgan fingerprint density at radius 3 is 2.12 bits per heavy atom. The zero-order valence-corrected chi connectivity index (χ0v) is 15.2. The maximum absolute atomic E-state index is 14.6. The summed E-state index contributed by atoms with van der Waals surface area (Å²) < 4.78 is 29.1. The number of unbranched alkanes of at least 4 members (excludes halogenated alkanes) is 2. The van der Waals surface area contributed by atoms with E-state index in [9.17, 15) is 8.78 Å². The lowest BCUT2D eigenvalue weighted by atomic mass is 10.1. The first-order valence-electron chi connectivity index (χ1n) is 8.61. The summed E-state index contributed by atoms with van der Waals surface area (Å²) in [6.07, 6.45) is 7.51. The normalized spacial score (nSPS) is 11.3. The second-order valence-corrected chi connectivity index (χ2v) is 6.86.